The lowest BCUT2D eigenvalue weighted by atomic mass is 10.1. The molecule has 0 spiro atoms. The summed E-state index contributed by atoms with van der Waals surface area (Å²) in [5.41, 5.74) is 3.24. The molecule has 0 fully saturated rings. The number of fused-ring (bicyclic) bond motifs is 1. The quantitative estimate of drug-likeness (QED) is 0.869. The summed E-state index contributed by atoms with van der Waals surface area (Å²) in [7, 11) is 1.36. The minimum Gasteiger partial charge on any atom is -0.467 e. The monoisotopic (exact) mass is 271 g/mol. The predicted octanol–water partition coefficient (Wildman–Crippen LogP) is 2.84. The van der Waals surface area contributed by atoms with Crippen molar-refractivity contribution in [3.63, 3.8) is 0 Å². The third kappa shape index (κ3) is 2.47. The summed E-state index contributed by atoms with van der Waals surface area (Å²) < 4.78 is 10.0. The van der Waals surface area contributed by atoms with Crippen LogP contribution in [0.2, 0.25) is 0 Å². The Morgan fingerprint density at radius 3 is 3.15 bits per heavy atom. The summed E-state index contributed by atoms with van der Waals surface area (Å²) in [6.07, 6.45) is 3.65. The maximum atomic E-state index is 11.3. The molecule has 2 aromatic rings. The topological polar surface area (TPSA) is 51.5 Å². The van der Waals surface area contributed by atoms with Crippen molar-refractivity contribution in [1.82, 2.24) is 5.32 Å². The van der Waals surface area contributed by atoms with Crippen molar-refractivity contribution in [2.24, 2.45) is 0 Å². The first-order valence-electron chi connectivity index (χ1n) is 6.75. The molecule has 0 radical (unpaired) electrons. The summed E-state index contributed by atoms with van der Waals surface area (Å²) in [5.74, 6) is 0.376. The van der Waals surface area contributed by atoms with Crippen LogP contribution < -0.4 is 5.32 Å². The second-order valence-electron chi connectivity index (χ2n) is 4.96. The highest BCUT2D eigenvalue weighted by Gasteiger charge is 2.21. The molecule has 1 atom stereocenters. The molecule has 0 bridgehead atoms. The number of carbonyl (C=O) groups excluding carboxylic acids is 1. The van der Waals surface area contributed by atoms with Gasteiger partial charge >= 0.3 is 5.97 Å². The highest BCUT2D eigenvalue weighted by atomic mass is 16.5. The van der Waals surface area contributed by atoms with Crippen LogP contribution in [0.25, 0.3) is 0 Å². The Balaban J connectivity index is 1.63. The molecule has 1 aliphatic rings. The van der Waals surface area contributed by atoms with Crippen LogP contribution in [-0.2, 0) is 17.7 Å². The molecular weight excluding hydrogens is 254 g/mol. The first-order chi connectivity index (χ1) is 9.78. The zero-order valence-corrected chi connectivity index (χ0v) is 11.4. The number of hydrogen-bond acceptors (Lipinski definition) is 4. The van der Waals surface area contributed by atoms with Crippen molar-refractivity contribution in [2.45, 2.75) is 25.4 Å². The van der Waals surface area contributed by atoms with Gasteiger partial charge < -0.3 is 14.5 Å². The van der Waals surface area contributed by atoms with Crippen LogP contribution >= 0.6 is 0 Å². The molecule has 1 aliphatic carbocycles. The van der Waals surface area contributed by atoms with Gasteiger partial charge in [-0.2, -0.15) is 0 Å². The molecule has 104 valence electrons. The average Bonchev–Trinajstić information content (AvgIpc) is 3.11. The number of aryl methyl sites for hydroxylation is 1. The number of furan rings is 1. The van der Waals surface area contributed by atoms with E-state index in [9.17, 15) is 4.79 Å². The summed E-state index contributed by atoms with van der Waals surface area (Å²) >= 11 is 0. The van der Waals surface area contributed by atoms with Crippen molar-refractivity contribution >= 4 is 5.97 Å². The average molecular weight is 271 g/mol. The van der Waals surface area contributed by atoms with Crippen LogP contribution in [0.5, 0.6) is 0 Å². The van der Waals surface area contributed by atoms with E-state index in [1.165, 1.54) is 24.5 Å². The molecule has 0 saturated carbocycles. The van der Waals surface area contributed by atoms with Gasteiger partial charge in [-0.1, -0.05) is 24.3 Å². The highest BCUT2D eigenvalue weighted by molar-refractivity contribution is 5.88. The number of esters is 1. The van der Waals surface area contributed by atoms with E-state index in [0.29, 0.717) is 18.2 Å². The van der Waals surface area contributed by atoms with Crippen LogP contribution in [0.4, 0.5) is 0 Å². The van der Waals surface area contributed by atoms with Crippen LogP contribution in [0.3, 0.4) is 0 Å². The number of ether oxygens (including phenoxy) is 1. The summed E-state index contributed by atoms with van der Waals surface area (Å²) in [6, 6.07) is 10.6. The van der Waals surface area contributed by atoms with Gasteiger partial charge in [0.05, 0.1) is 19.2 Å². The van der Waals surface area contributed by atoms with E-state index in [0.717, 1.165) is 18.6 Å². The van der Waals surface area contributed by atoms with E-state index >= 15 is 0 Å². The Labute approximate surface area is 117 Å². The Morgan fingerprint density at radius 1 is 1.45 bits per heavy atom. The molecule has 0 amide bonds. The number of benzene rings is 1. The van der Waals surface area contributed by atoms with Crippen molar-refractivity contribution in [1.29, 1.82) is 0 Å². The zero-order valence-electron chi connectivity index (χ0n) is 11.4. The molecule has 1 aromatic heterocycles. The van der Waals surface area contributed by atoms with Crippen molar-refractivity contribution in [3.05, 3.63) is 59.0 Å². The van der Waals surface area contributed by atoms with E-state index in [2.05, 4.69) is 34.3 Å². The van der Waals surface area contributed by atoms with Crippen LogP contribution in [-0.4, -0.2) is 13.1 Å². The van der Waals surface area contributed by atoms with Gasteiger partial charge in [-0.25, -0.2) is 4.79 Å². The third-order valence-corrected chi connectivity index (χ3v) is 3.73. The van der Waals surface area contributed by atoms with E-state index in [4.69, 9.17) is 4.42 Å². The van der Waals surface area contributed by atoms with Gasteiger partial charge in [0.1, 0.15) is 12.0 Å². The van der Waals surface area contributed by atoms with Gasteiger partial charge in [-0.15, -0.1) is 0 Å². The Morgan fingerprint density at radius 2 is 2.30 bits per heavy atom. The summed E-state index contributed by atoms with van der Waals surface area (Å²) in [5, 5.41) is 3.48. The van der Waals surface area contributed by atoms with Crippen LogP contribution in [0.15, 0.2) is 41.0 Å². The normalized spacial score (nSPS) is 16.9. The molecule has 20 heavy (non-hydrogen) atoms. The fraction of sp³-hybridized carbons (Fsp3) is 0.312. The number of hydrogen-bond donors (Lipinski definition) is 1. The summed E-state index contributed by atoms with van der Waals surface area (Å²) in [6.45, 7) is 0.607. The maximum absolute atomic E-state index is 11.3. The Kier molecular flexibility index (Phi) is 3.56. The fourth-order valence-corrected chi connectivity index (χ4v) is 2.69. The van der Waals surface area contributed by atoms with E-state index in [1.54, 1.807) is 6.07 Å². The van der Waals surface area contributed by atoms with Gasteiger partial charge in [-0.3, -0.25) is 0 Å². The minimum atomic E-state index is -0.369. The molecule has 1 heterocycles. The van der Waals surface area contributed by atoms with Crippen molar-refractivity contribution in [3.8, 4) is 0 Å². The van der Waals surface area contributed by atoms with E-state index in [-0.39, 0.29) is 5.97 Å². The molecular formula is C16H17NO3. The van der Waals surface area contributed by atoms with Crippen LogP contribution in [0.1, 0.15) is 39.7 Å². The number of rotatable bonds is 4. The lowest BCUT2D eigenvalue weighted by Gasteiger charge is -2.12. The van der Waals surface area contributed by atoms with Crippen molar-refractivity contribution < 1.29 is 13.9 Å². The van der Waals surface area contributed by atoms with Gasteiger partial charge in [0.15, 0.2) is 0 Å². The predicted molar refractivity (Wildman–Crippen MR) is 74.4 cm³/mol. The lowest BCUT2D eigenvalue weighted by Crippen LogP contribution is -2.18. The van der Waals surface area contributed by atoms with Crippen LogP contribution in [0, 0.1) is 0 Å². The molecule has 1 unspecified atom stereocenters. The van der Waals surface area contributed by atoms with Crippen molar-refractivity contribution in [2.75, 3.05) is 7.11 Å². The largest absolute Gasteiger partial charge is 0.467 e. The fourth-order valence-electron chi connectivity index (χ4n) is 2.69. The second kappa shape index (κ2) is 5.51. The maximum Gasteiger partial charge on any atom is 0.341 e. The molecule has 4 heteroatoms. The lowest BCUT2D eigenvalue weighted by molar-refractivity contribution is 0.0600. The molecule has 4 nitrogen and oxygen atoms in total. The molecule has 1 N–H and O–H groups in total. The Bertz CT molecular complexity index is 618. The van der Waals surface area contributed by atoms with Gasteiger partial charge in [0.25, 0.3) is 0 Å². The second-order valence-corrected chi connectivity index (χ2v) is 4.96. The van der Waals surface area contributed by atoms with Gasteiger partial charge in [0.2, 0.25) is 0 Å². The first-order valence-corrected chi connectivity index (χ1v) is 6.75. The zero-order chi connectivity index (χ0) is 13.9. The number of carbonyl (C=O) groups is 1. The van der Waals surface area contributed by atoms with Gasteiger partial charge in [0, 0.05) is 6.04 Å². The Hall–Kier alpha value is -2.07. The molecule has 1 aromatic carbocycles. The van der Waals surface area contributed by atoms with E-state index in [1.807, 2.05) is 0 Å². The SMILES string of the molecule is COC(=O)c1coc(CNC2CCc3ccccc32)c1. The molecule has 3 rings (SSSR count). The molecule has 0 aliphatic heterocycles. The number of nitrogens with one attached hydrogen (secondary N) is 1. The smallest absolute Gasteiger partial charge is 0.341 e. The standard InChI is InChI=1S/C16H17NO3/c1-19-16(18)12-8-13(20-10-12)9-17-15-7-6-11-4-2-3-5-14(11)15/h2-5,8,10,15,17H,6-7,9H2,1H3. The van der Waals surface area contributed by atoms with E-state index < -0.39 is 0 Å². The highest BCUT2D eigenvalue weighted by Crippen LogP contribution is 2.30. The minimum absolute atomic E-state index is 0.359. The molecule has 0 saturated heterocycles. The third-order valence-electron chi connectivity index (χ3n) is 3.73. The van der Waals surface area contributed by atoms with Gasteiger partial charge in [-0.05, 0) is 30.0 Å². The number of methoxy groups -OCH3 is 1. The summed E-state index contributed by atoms with van der Waals surface area (Å²) in [4.78, 5) is 11.3. The first kappa shape index (κ1) is 12.9.